The van der Waals surface area contributed by atoms with Crippen LogP contribution in [0.25, 0.3) is 5.03 Å². The molecule has 0 bridgehead atoms. The third-order valence-corrected chi connectivity index (χ3v) is 3.22. The summed E-state index contributed by atoms with van der Waals surface area (Å²) in [6.45, 7) is 0. The quantitative estimate of drug-likeness (QED) is 0.706. The van der Waals surface area contributed by atoms with Gasteiger partial charge in [-0.1, -0.05) is 39.7 Å². The monoisotopic (exact) mass is 256 g/mol. The Hall–Kier alpha value is -0.600. The van der Waals surface area contributed by atoms with E-state index in [2.05, 4.69) is 15.9 Å². The van der Waals surface area contributed by atoms with Crippen molar-refractivity contribution >= 4 is 38.8 Å². The van der Waals surface area contributed by atoms with Gasteiger partial charge in [-0.25, -0.2) is 0 Å². The number of carbonyl (C=O) groups excluding carboxylic acids is 1. The summed E-state index contributed by atoms with van der Waals surface area (Å²) < 4.78 is 0.951. The van der Waals surface area contributed by atoms with Gasteiger partial charge in [-0.15, -0.1) is 0 Å². The second-order valence-electron chi connectivity index (χ2n) is 2.91. The molecule has 0 fully saturated rings. The van der Waals surface area contributed by atoms with Crippen molar-refractivity contribution in [1.29, 1.82) is 0 Å². The van der Waals surface area contributed by atoms with E-state index in [1.165, 1.54) is 0 Å². The Morgan fingerprint density at radius 2 is 2.23 bits per heavy atom. The molecule has 2 rings (SSSR count). The zero-order valence-corrected chi connectivity index (χ0v) is 9.02. The lowest BCUT2D eigenvalue weighted by molar-refractivity contribution is -0.104. The van der Waals surface area contributed by atoms with Crippen LogP contribution in [-0.4, -0.2) is 6.29 Å². The minimum Gasteiger partial charge on any atom is -0.298 e. The zero-order valence-electron chi connectivity index (χ0n) is 6.68. The number of hydrogen-bond donors (Lipinski definition) is 0. The van der Waals surface area contributed by atoms with E-state index in [9.17, 15) is 4.79 Å². The minimum absolute atomic E-state index is 0.581. The second kappa shape index (κ2) is 3.28. The molecule has 0 saturated heterocycles. The third-order valence-electron chi connectivity index (χ3n) is 2.12. The molecule has 13 heavy (non-hydrogen) atoms. The molecule has 0 N–H and O–H groups in total. The smallest absolute Gasteiger partial charge is 0.147 e. The highest BCUT2D eigenvalue weighted by atomic mass is 79.9. The van der Waals surface area contributed by atoms with Crippen molar-refractivity contribution in [2.45, 2.75) is 6.42 Å². The first-order valence-electron chi connectivity index (χ1n) is 3.85. The van der Waals surface area contributed by atoms with E-state index < -0.39 is 0 Å². The summed E-state index contributed by atoms with van der Waals surface area (Å²) >= 11 is 9.44. The van der Waals surface area contributed by atoms with Gasteiger partial charge in [0.2, 0.25) is 0 Å². The first kappa shape index (κ1) is 8.97. The Balaban J connectivity index is 2.64. The molecule has 0 aliphatic heterocycles. The molecule has 0 spiro atoms. The van der Waals surface area contributed by atoms with Crippen LogP contribution in [0.3, 0.4) is 0 Å². The summed E-state index contributed by atoms with van der Waals surface area (Å²) in [5.41, 5.74) is 2.75. The third kappa shape index (κ3) is 1.34. The Bertz CT molecular complexity index is 409. The van der Waals surface area contributed by atoms with Crippen LogP contribution in [0.2, 0.25) is 0 Å². The first-order valence-corrected chi connectivity index (χ1v) is 5.02. The van der Waals surface area contributed by atoms with Crippen molar-refractivity contribution < 1.29 is 4.79 Å². The van der Waals surface area contributed by atoms with Gasteiger partial charge in [0.15, 0.2) is 0 Å². The van der Waals surface area contributed by atoms with Crippen LogP contribution >= 0.6 is 27.5 Å². The van der Waals surface area contributed by atoms with Crippen LogP contribution in [0, 0.1) is 0 Å². The number of halogens is 2. The molecule has 1 aromatic carbocycles. The van der Waals surface area contributed by atoms with Crippen LogP contribution in [0.15, 0.2) is 28.2 Å². The van der Waals surface area contributed by atoms with Crippen LogP contribution < -0.4 is 0 Å². The molecule has 0 heterocycles. The van der Waals surface area contributed by atoms with E-state index in [4.69, 9.17) is 11.6 Å². The summed E-state index contributed by atoms with van der Waals surface area (Å²) in [5, 5.41) is 0.581. The average molecular weight is 258 g/mol. The first-order chi connectivity index (χ1) is 6.24. The van der Waals surface area contributed by atoms with Crippen molar-refractivity contribution in [2.24, 2.45) is 0 Å². The lowest BCUT2D eigenvalue weighted by Gasteiger charge is -2.01. The highest BCUT2D eigenvalue weighted by Crippen LogP contribution is 2.38. The summed E-state index contributed by atoms with van der Waals surface area (Å²) in [7, 11) is 0. The van der Waals surface area contributed by atoms with Crippen LogP contribution in [0.1, 0.15) is 11.1 Å². The summed E-state index contributed by atoms with van der Waals surface area (Å²) in [6, 6.07) is 5.86. The largest absolute Gasteiger partial charge is 0.298 e. The van der Waals surface area contributed by atoms with E-state index in [0.717, 1.165) is 21.9 Å². The maximum absolute atomic E-state index is 10.6. The number of aldehydes is 1. The molecule has 66 valence electrons. The fourth-order valence-electron chi connectivity index (χ4n) is 1.50. The van der Waals surface area contributed by atoms with Gasteiger partial charge in [-0.2, -0.15) is 0 Å². The minimum atomic E-state index is 0.581. The zero-order chi connectivity index (χ0) is 9.42. The maximum atomic E-state index is 10.6. The van der Waals surface area contributed by atoms with Crippen LogP contribution in [0.5, 0.6) is 0 Å². The normalized spacial score (nSPS) is 14.6. The number of fused-ring (bicyclic) bond motifs is 1. The topological polar surface area (TPSA) is 17.1 Å². The lowest BCUT2D eigenvalue weighted by atomic mass is 10.1. The van der Waals surface area contributed by atoms with E-state index in [0.29, 0.717) is 17.0 Å². The summed E-state index contributed by atoms with van der Waals surface area (Å²) in [6.07, 6.45) is 1.48. The van der Waals surface area contributed by atoms with E-state index in [1.54, 1.807) is 0 Å². The molecule has 1 aliphatic rings. The highest BCUT2D eigenvalue weighted by molar-refractivity contribution is 9.10. The van der Waals surface area contributed by atoms with Crippen molar-refractivity contribution in [2.75, 3.05) is 0 Å². The number of hydrogen-bond acceptors (Lipinski definition) is 1. The summed E-state index contributed by atoms with van der Waals surface area (Å²) in [4.78, 5) is 10.6. The van der Waals surface area contributed by atoms with Gasteiger partial charge in [-0.05, 0) is 11.6 Å². The molecule has 1 aromatic rings. The molecule has 0 saturated carbocycles. The SMILES string of the molecule is O=CC1=C(Cl)c2c(Br)cccc2C1. The van der Waals surface area contributed by atoms with E-state index >= 15 is 0 Å². The fourth-order valence-corrected chi connectivity index (χ4v) is 2.55. The number of rotatable bonds is 1. The molecular weight excluding hydrogens is 251 g/mol. The van der Waals surface area contributed by atoms with Crippen molar-refractivity contribution in [3.63, 3.8) is 0 Å². The number of allylic oxidation sites excluding steroid dienone is 1. The Labute approximate surface area is 89.5 Å². The standard InChI is InChI=1S/C10H6BrClO/c11-8-3-1-2-6-4-7(5-13)10(12)9(6)8/h1-3,5H,4H2. The predicted molar refractivity (Wildman–Crippen MR) is 56.7 cm³/mol. The molecule has 3 heteroatoms. The van der Waals surface area contributed by atoms with E-state index in [1.807, 2.05) is 18.2 Å². The maximum Gasteiger partial charge on any atom is 0.147 e. The van der Waals surface area contributed by atoms with Gasteiger partial charge in [0.05, 0.1) is 5.03 Å². The van der Waals surface area contributed by atoms with Crippen molar-refractivity contribution in [1.82, 2.24) is 0 Å². The van der Waals surface area contributed by atoms with E-state index in [-0.39, 0.29) is 0 Å². The number of carbonyl (C=O) groups is 1. The van der Waals surface area contributed by atoms with Crippen LogP contribution in [0.4, 0.5) is 0 Å². The van der Waals surface area contributed by atoms with Gasteiger partial charge in [0, 0.05) is 22.0 Å². The van der Waals surface area contributed by atoms with Crippen molar-refractivity contribution in [3.8, 4) is 0 Å². The molecule has 0 amide bonds. The average Bonchev–Trinajstić information content (AvgIpc) is 2.44. The lowest BCUT2D eigenvalue weighted by Crippen LogP contribution is -1.84. The molecule has 0 unspecified atom stereocenters. The number of benzene rings is 1. The molecular formula is C10H6BrClO. The second-order valence-corrected chi connectivity index (χ2v) is 4.14. The Morgan fingerprint density at radius 1 is 1.46 bits per heavy atom. The Kier molecular flexibility index (Phi) is 2.26. The molecule has 0 aromatic heterocycles. The summed E-state index contributed by atoms with van der Waals surface area (Å²) in [5.74, 6) is 0. The molecule has 0 atom stereocenters. The molecule has 1 aliphatic carbocycles. The highest BCUT2D eigenvalue weighted by Gasteiger charge is 2.21. The predicted octanol–water partition coefficient (Wildman–Crippen LogP) is 3.15. The fraction of sp³-hybridized carbons (Fsp3) is 0.100. The van der Waals surface area contributed by atoms with Crippen LogP contribution in [-0.2, 0) is 11.2 Å². The van der Waals surface area contributed by atoms with Gasteiger partial charge in [-0.3, -0.25) is 4.79 Å². The molecule has 1 nitrogen and oxygen atoms in total. The Morgan fingerprint density at radius 3 is 2.85 bits per heavy atom. The van der Waals surface area contributed by atoms with Gasteiger partial charge < -0.3 is 0 Å². The van der Waals surface area contributed by atoms with Gasteiger partial charge in [0.25, 0.3) is 0 Å². The van der Waals surface area contributed by atoms with Gasteiger partial charge in [0.1, 0.15) is 6.29 Å². The molecule has 0 radical (unpaired) electrons. The van der Waals surface area contributed by atoms with Gasteiger partial charge >= 0.3 is 0 Å². The van der Waals surface area contributed by atoms with Crippen molar-refractivity contribution in [3.05, 3.63) is 39.4 Å².